The molecule has 1 nitrogen and oxygen atoms in total. The Balaban J connectivity index is 2.22. The van der Waals surface area contributed by atoms with Gasteiger partial charge in [-0.2, -0.15) is 13.2 Å². The molecular weight excluding hydrogens is 272 g/mol. The first kappa shape index (κ1) is 13.0. The number of halogens is 4. The van der Waals surface area contributed by atoms with Crippen molar-refractivity contribution < 1.29 is 22.3 Å². The fraction of sp³-hybridized carbons (Fsp3) is 0.200. The monoisotopic (exact) mass is 282 g/mol. The van der Waals surface area contributed by atoms with E-state index in [1.54, 1.807) is 6.07 Å². The maximum Gasteiger partial charge on any atom is 0.416 e. The molecule has 0 spiro atoms. The third-order valence-corrected chi connectivity index (χ3v) is 3.25. The second-order valence-electron chi connectivity index (χ2n) is 4.62. The first-order valence-electron chi connectivity index (χ1n) is 6.08. The summed E-state index contributed by atoms with van der Waals surface area (Å²) in [7, 11) is 0. The number of hydrogen-bond donors (Lipinski definition) is 0. The molecule has 1 aliphatic heterocycles. The van der Waals surface area contributed by atoms with Gasteiger partial charge in [-0.3, -0.25) is 0 Å². The van der Waals surface area contributed by atoms with Gasteiger partial charge in [0.2, 0.25) is 0 Å². The molecule has 1 aliphatic rings. The molecule has 3 rings (SSSR count). The normalized spacial score (nSPS) is 14.0. The van der Waals surface area contributed by atoms with Gasteiger partial charge < -0.3 is 4.74 Å². The van der Waals surface area contributed by atoms with E-state index < -0.39 is 17.6 Å². The van der Waals surface area contributed by atoms with E-state index in [1.165, 1.54) is 18.2 Å². The van der Waals surface area contributed by atoms with Crippen LogP contribution in [0.25, 0.3) is 11.1 Å². The lowest BCUT2D eigenvalue weighted by molar-refractivity contribution is -0.137. The van der Waals surface area contributed by atoms with Crippen LogP contribution >= 0.6 is 0 Å². The van der Waals surface area contributed by atoms with E-state index in [0.29, 0.717) is 29.9 Å². The van der Waals surface area contributed by atoms with Gasteiger partial charge in [0.25, 0.3) is 0 Å². The smallest absolute Gasteiger partial charge is 0.416 e. The van der Waals surface area contributed by atoms with Crippen molar-refractivity contribution in [3.05, 3.63) is 53.3 Å². The van der Waals surface area contributed by atoms with Crippen LogP contribution in [0.2, 0.25) is 0 Å². The lowest BCUT2D eigenvalue weighted by atomic mass is 9.97. The summed E-state index contributed by atoms with van der Waals surface area (Å²) in [6.07, 6.45) is -4.00. The largest absolute Gasteiger partial charge is 0.492 e. The molecular formula is C15H10F4O. The number of ether oxygens (including phenoxy) is 1. The topological polar surface area (TPSA) is 9.23 Å². The molecule has 0 radical (unpaired) electrons. The van der Waals surface area contributed by atoms with Crippen molar-refractivity contribution in [2.75, 3.05) is 6.61 Å². The van der Waals surface area contributed by atoms with E-state index in [0.717, 1.165) is 12.1 Å². The van der Waals surface area contributed by atoms with Crippen LogP contribution in [0.4, 0.5) is 17.6 Å². The summed E-state index contributed by atoms with van der Waals surface area (Å²) in [5.74, 6) is -0.0738. The number of fused-ring (bicyclic) bond motifs is 1. The summed E-state index contributed by atoms with van der Waals surface area (Å²) in [4.78, 5) is 0. The summed E-state index contributed by atoms with van der Waals surface area (Å²) in [6.45, 7) is 0.346. The number of benzene rings is 2. The standard InChI is InChI=1S/C15H10F4O/c16-12-3-1-2-9(7-12)13-8-11(15(17,18)19)6-10-4-5-20-14(10)13/h1-3,6-8H,4-5H2. The Bertz CT molecular complexity index is 661. The quantitative estimate of drug-likeness (QED) is 0.702. The molecule has 0 aliphatic carbocycles. The van der Waals surface area contributed by atoms with Gasteiger partial charge in [-0.25, -0.2) is 4.39 Å². The van der Waals surface area contributed by atoms with E-state index >= 15 is 0 Å². The Labute approximate surface area is 112 Å². The van der Waals surface area contributed by atoms with Crippen molar-refractivity contribution in [2.45, 2.75) is 12.6 Å². The molecule has 0 bridgehead atoms. The average Bonchev–Trinajstić information content (AvgIpc) is 2.84. The zero-order valence-electron chi connectivity index (χ0n) is 10.3. The van der Waals surface area contributed by atoms with E-state index in [4.69, 9.17) is 4.74 Å². The SMILES string of the molecule is Fc1cccc(-c2cc(C(F)(F)F)cc3c2OCC3)c1. The third-order valence-electron chi connectivity index (χ3n) is 3.25. The van der Waals surface area contributed by atoms with Crippen molar-refractivity contribution in [3.8, 4) is 16.9 Å². The molecule has 104 valence electrons. The lowest BCUT2D eigenvalue weighted by Crippen LogP contribution is -2.05. The van der Waals surface area contributed by atoms with Crippen LogP contribution in [0.5, 0.6) is 5.75 Å². The van der Waals surface area contributed by atoms with Crippen LogP contribution in [-0.4, -0.2) is 6.61 Å². The van der Waals surface area contributed by atoms with Gasteiger partial charge in [0.1, 0.15) is 11.6 Å². The Hall–Kier alpha value is -2.04. The summed E-state index contributed by atoms with van der Waals surface area (Å²) < 4.78 is 57.4. The van der Waals surface area contributed by atoms with Crippen LogP contribution in [0.15, 0.2) is 36.4 Å². The third kappa shape index (κ3) is 2.24. The van der Waals surface area contributed by atoms with Gasteiger partial charge >= 0.3 is 6.18 Å². The van der Waals surface area contributed by atoms with Crippen LogP contribution in [0.3, 0.4) is 0 Å². The summed E-state index contributed by atoms with van der Waals surface area (Å²) in [5, 5.41) is 0. The van der Waals surface area contributed by atoms with Gasteiger partial charge in [-0.1, -0.05) is 12.1 Å². The Morgan fingerprint density at radius 2 is 1.85 bits per heavy atom. The van der Waals surface area contributed by atoms with E-state index in [2.05, 4.69) is 0 Å². The van der Waals surface area contributed by atoms with Gasteiger partial charge in [-0.05, 0) is 35.4 Å². The summed E-state index contributed by atoms with van der Waals surface area (Å²) >= 11 is 0. The minimum Gasteiger partial charge on any atom is -0.492 e. The van der Waals surface area contributed by atoms with Gasteiger partial charge in [-0.15, -0.1) is 0 Å². The number of alkyl halides is 3. The molecule has 0 aromatic heterocycles. The van der Waals surface area contributed by atoms with Crippen molar-refractivity contribution in [1.82, 2.24) is 0 Å². The predicted molar refractivity (Wildman–Crippen MR) is 66.0 cm³/mol. The van der Waals surface area contributed by atoms with Crippen molar-refractivity contribution in [3.63, 3.8) is 0 Å². The zero-order chi connectivity index (χ0) is 14.3. The maximum absolute atomic E-state index is 13.3. The van der Waals surface area contributed by atoms with Crippen LogP contribution in [-0.2, 0) is 12.6 Å². The second-order valence-corrected chi connectivity index (χ2v) is 4.62. The molecule has 0 unspecified atom stereocenters. The van der Waals surface area contributed by atoms with E-state index in [9.17, 15) is 17.6 Å². The molecule has 0 amide bonds. The highest BCUT2D eigenvalue weighted by atomic mass is 19.4. The molecule has 0 atom stereocenters. The zero-order valence-corrected chi connectivity index (χ0v) is 10.3. The van der Waals surface area contributed by atoms with Gasteiger partial charge in [0, 0.05) is 12.0 Å². The Morgan fingerprint density at radius 3 is 2.55 bits per heavy atom. The predicted octanol–water partition coefficient (Wildman–Crippen LogP) is 4.45. The highest BCUT2D eigenvalue weighted by Gasteiger charge is 2.33. The van der Waals surface area contributed by atoms with E-state index in [1.807, 2.05) is 0 Å². The fourth-order valence-electron chi connectivity index (χ4n) is 2.34. The fourth-order valence-corrected chi connectivity index (χ4v) is 2.34. The summed E-state index contributed by atoms with van der Waals surface area (Å²) in [5.41, 5.74) is 0.446. The van der Waals surface area contributed by atoms with E-state index in [-0.39, 0.29) is 5.56 Å². The molecule has 2 aromatic rings. The van der Waals surface area contributed by atoms with Crippen molar-refractivity contribution in [2.24, 2.45) is 0 Å². The van der Waals surface area contributed by atoms with Crippen LogP contribution in [0, 0.1) is 5.82 Å². The minimum absolute atomic E-state index is 0.284. The molecule has 0 N–H and O–H groups in total. The minimum atomic E-state index is -4.43. The van der Waals surface area contributed by atoms with Crippen molar-refractivity contribution in [1.29, 1.82) is 0 Å². The Kier molecular flexibility index (Phi) is 2.92. The second kappa shape index (κ2) is 4.51. The molecule has 2 aromatic carbocycles. The number of hydrogen-bond acceptors (Lipinski definition) is 1. The molecule has 5 heteroatoms. The number of rotatable bonds is 1. The molecule has 0 fully saturated rings. The molecule has 0 saturated heterocycles. The molecule has 1 heterocycles. The summed E-state index contributed by atoms with van der Waals surface area (Å²) in [6, 6.07) is 7.60. The van der Waals surface area contributed by atoms with Gasteiger partial charge in [0.05, 0.1) is 12.2 Å². The maximum atomic E-state index is 13.3. The van der Waals surface area contributed by atoms with Gasteiger partial charge in [0.15, 0.2) is 0 Å². The molecule has 0 saturated carbocycles. The lowest BCUT2D eigenvalue weighted by Gasteiger charge is -2.13. The highest BCUT2D eigenvalue weighted by molar-refractivity contribution is 5.74. The first-order valence-corrected chi connectivity index (χ1v) is 6.08. The first-order chi connectivity index (χ1) is 9.45. The highest BCUT2D eigenvalue weighted by Crippen LogP contribution is 2.42. The van der Waals surface area contributed by atoms with Crippen LogP contribution in [0.1, 0.15) is 11.1 Å². The molecule has 20 heavy (non-hydrogen) atoms. The van der Waals surface area contributed by atoms with Crippen LogP contribution < -0.4 is 4.74 Å². The van der Waals surface area contributed by atoms with Crippen molar-refractivity contribution >= 4 is 0 Å². The average molecular weight is 282 g/mol. The Morgan fingerprint density at radius 1 is 1.05 bits per heavy atom.